The highest BCUT2D eigenvalue weighted by Crippen LogP contribution is 2.33. The number of ether oxygens (including phenoxy) is 2. The van der Waals surface area contributed by atoms with Gasteiger partial charge >= 0.3 is 5.97 Å². The van der Waals surface area contributed by atoms with E-state index in [1.807, 2.05) is 0 Å². The summed E-state index contributed by atoms with van der Waals surface area (Å²) in [6.07, 6.45) is -0.776. The summed E-state index contributed by atoms with van der Waals surface area (Å²) in [7, 11) is 0. The highest BCUT2D eigenvalue weighted by atomic mass is 35.5. The Labute approximate surface area is 117 Å². The number of halogens is 2. The molecule has 18 heavy (non-hydrogen) atoms. The van der Waals surface area contributed by atoms with E-state index in [1.165, 1.54) is 0 Å². The Morgan fingerprint density at radius 3 is 2.17 bits per heavy atom. The average molecular weight is 291 g/mol. The molecule has 5 heteroatoms. The lowest BCUT2D eigenvalue weighted by atomic mass is 10.2. The molecule has 0 N–H and O–H groups in total. The second-order valence-corrected chi connectivity index (χ2v) is 5.66. The number of hydrogen-bond acceptors (Lipinski definition) is 3. The zero-order chi connectivity index (χ0) is 13.9. The lowest BCUT2D eigenvalue weighted by Gasteiger charge is -2.23. The fraction of sp³-hybridized carbons (Fsp3) is 0.462. The quantitative estimate of drug-likeness (QED) is 0.786. The van der Waals surface area contributed by atoms with Gasteiger partial charge in [0.1, 0.15) is 5.60 Å². The molecule has 0 saturated heterocycles. The van der Waals surface area contributed by atoms with Crippen molar-refractivity contribution in [3.8, 4) is 5.75 Å². The molecule has 0 radical (unpaired) electrons. The molecule has 0 aliphatic rings. The van der Waals surface area contributed by atoms with Crippen molar-refractivity contribution in [2.24, 2.45) is 0 Å². The third-order valence-corrected chi connectivity index (χ3v) is 2.55. The number of benzene rings is 1. The van der Waals surface area contributed by atoms with Crippen LogP contribution in [0.4, 0.5) is 0 Å². The first-order valence-corrected chi connectivity index (χ1v) is 6.30. The van der Waals surface area contributed by atoms with Gasteiger partial charge in [-0.25, -0.2) is 4.79 Å². The molecule has 0 spiro atoms. The smallest absolute Gasteiger partial charge is 0.347 e. The Bertz CT molecular complexity index is 418. The Balaban J connectivity index is 2.76. The summed E-state index contributed by atoms with van der Waals surface area (Å²) in [6.45, 7) is 6.97. The van der Waals surface area contributed by atoms with Gasteiger partial charge in [0.05, 0.1) is 10.0 Å². The molecule has 0 saturated carbocycles. The average Bonchev–Trinajstić information content (AvgIpc) is 2.21. The summed E-state index contributed by atoms with van der Waals surface area (Å²) in [4.78, 5) is 11.8. The van der Waals surface area contributed by atoms with Crippen LogP contribution in [-0.4, -0.2) is 17.7 Å². The van der Waals surface area contributed by atoms with Crippen LogP contribution < -0.4 is 4.74 Å². The Morgan fingerprint density at radius 1 is 1.22 bits per heavy atom. The Morgan fingerprint density at radius 2 is 1.72 bits per heavy atom. The van der Waals surface area contributed by atoms with Crippen molar-refractivity contribution >= 4 is 29.2 Å². The Kier molecular flexibility index (Phi) is 4.88. The van der Waals surface area contributed by atoms with Crippen molar-refractivity contribution in [3.05, 3.63) is 28.2 Å². The van der Waals surface area contributed by atoms with E-state index >= 15 is 0 Å². The van der Waals surface area contributed by atoms with Gasteiger partial charge in [-0.3, -0.25) is 0 Å². The molecule has 0 fully saturated rings. The minimum absolute atomic E-state index is 0.291. The molecular weight excluding hydrogens is 275 g/mol. The van der Waals surface area contributed by atoms with Crippen LogP contribution in [-0.2, 0) is 9.53 Å². The predicted octanol–water partition coefficient (Wildman–Crippen LogP) is 4.10. The van der Waals surface area contributed by atoms with Crippen LogP contribution >= 0.6 is 23.2 Å². The van der Waals surface area contributed by atoms with E-state index < -0.39 is 17.7 Å². The zero-order valence-corrected chi connectivity index (χ0v) is 12.3. The van der Waals surface area contributed by atoms with Crippen molar-refractivity contribution in [2.75, 3.05) is 0 Å². The number of esters is 1. The monoisotopic (exact) mass is 290 g/mol. The summed E-state index contributed by atoms with van der Waals surface area (Å²) in [6, 6.07) is 4.99. The van der Waals surface area contributed by atoms with Crippen LogP contribution in [0.2, 0.25) is 10.0 Å². The summed E-state index contributed by atoms with van der Waals surface area (Å²) in [5, 5.41) is 0.718. The summed E-state index contributed by atoms with van der Waals surface area (Å²) in [5.74, 6) is -0.169. The van der Waals surface area contributed by atoms with Crippen LogP contribution in [0.1, 0.15) is 27.7 Å². The number of carbonyl (C=O) groups excluding carboxylic acids is 1. The SMILES string of the molecule is CC(Oc1c(Cl)cccc1Cl)C(=O)OC(C)(C)C. The third kappa shape index (κ3) is 4.39. The molecule has 0 amide bonds. The minimum Gasteiger partial charge on any atom is -0.476 e. The van der Waals surface area contributed by atoms with Gasteiger partial charge in [0.15, 0.2) is 11.9 Å². The maximum Gasteiger partial charge on any atom is 0.347 e. The standard InChI is InChI=1S/C13H16Cl2O3/c1-8(12(16)18-13(2,3)4)17-11-9(14)6-5-7-10(11)15/h5-8H,1-4H3. The van der Waals surface area contributed by atoms with E-state index in [9.17, 15) is 4.79 Å². The van der Waals surface area contributed by atoms with E-state index in [0.717, 1.165) is 0 Å². The predicted molar refractivity (Wildman–Crippen MR) is 72.4 cm³/mol. The van der Waals surface area contributed by atoms with Gasteiger partial charge < -0.3 is 9.47 Å². The first-order chi connectivity index (χ1) is 8.20. The van der Waals surface area contributed by atoms with E-state index in [4.69, 9.17) is 32.7 Å². The second-order valence-electron chi connectivity index (χ2n) is 4.84. The zero-order valence-electron chi connectivity index (χ0n) is 10.8. The third-order valence-electron chi connectivity index (χ3n) is 1.95. The molecule has 3 nitrogen and oxygen atoms in total. The lowest BCUT2D eigenvalue weighted by molar-refractivity contribution is -0.162. The van der Waals surface area contributed by atoms with E-state index in [-0.39, 0.29) is 0 Å². The van der Waals surface area contributed by atoms with E-state index in [2.05, 4.69) is 0 Å². The van der Waals surface area contributed by atoms with Crippen LogP contribution in [0.3, 0.4) is 0 Å². The van der Waals surface area contributed by atoms with Gasteiger partial charge in [0, 0.05) is 0 Å². The summed E-state index contributed by atoms with van der Waals surface area (Å²) in [5.41, 5.74) is -0.557. The van der Waals surface area contributed by atoms with Gasteiger partial charge in [-0.05, 0) is 39.8 Å². The molecule has 1 rings (SSSR count). The number of hydrogen-bond donors (Lipinski definition) is 0. The van der Waals surface area contributed by atoms with Gasteiger partial charge in [-0.1, -0.05) is 29.3 Å². The largest absolute Gasteiger partial charge is 0.476 e. The van der Waals surface area contributed by atoms with Crippen molar-refractivity contribution in [3.63, 3.8) is 0 Å². The molecule has 1 unspecified atom stereocenters. The molecule has 1 atom stereocenters. The van der Waals surface area contributed by atoms with E-state index in [0.29, 0.717) is 15.8 Å². The summed E-state index contributed by atoms with van der Waals surface area (Å²) < 4.78 is 10.6. The van der Waals surface area contributed by atoms with Gasteiger partial charge in [0.2, 0.25) is 0 Å². The first kappa shape index (κ1) is 15.1. The topological polar surface area (TPSA) is 35.5 Å². The number of carbonyl (C=O) groups is 1. The lowest BCUT2D eigenvalue weighted by Crippen LogP contribution is -2.33. The molecule has 0 aliphatic heterocycles. The fourth-order valence-corrected chi connectivity index (χ4v) is 1.69. The van der Waals surface area contributed by atoms with Crippen molar-refractivity contribution < 1.29 is 14.3 Å². The van der Waals surface area contributed by atoms with Crippen molar-refractivity contribution in [1.82, 2.24) is 0 Å². The Hall–Kier alpha value is -0.930. The molecule has 100 valence electrons. The fourth-order valence-electron chi connectivity index (χ4n) is 1.20. The van der Waals surface area contributed by atoms with Gasteiger partial charge in [-0.2, -0.15) is 0 Å². The first-order valence-electron chi connectivity index (χ1n) is 5.54. The molecular formula is C13H16Cl2O3. The van der Waals surface area contributed by atoms with Crippen molar-refractivity contribution in [2.45, 2.75) is 39.4 Å². The second kappa shape index (κ2) is 5.81. The normalized spacial score (nSPS) is 13.0. The van der Waals surface area contributed by atoms with Gasteiger partial charge in [0.25, 0.3) is 0 Å². The molecule has 1 aromatic rings. The van der Waals surface area contributed by atoms with Crippen LogP contribution in [0.15, 0.2) is 18.2 Å². The maximum atomic E-state index is 11.8. The van der Waals surface area contributed by atoms with E-state index in [1.54, 1.807) is 45.9 Å². The maximum absolute atomic E-state index is 11.8. The summed E-state index contributed by atoms with van der Waals surface area (Å²) >= 11 is 11.9. The highest BCUT2D eigenvalue weighted by Gasteiger charge is 2.24. The number of rotatable bonds is 3. The number of para-hydroxylation sites is 1. The van der Waals surface area contributed by atoms with Crippen LogP contribution in [0, 0.1) is 0 Å². The molecule has 0 aliphatic carbocycles. The van der Waals surface area contributed by atoms with Gasteiger partial charge in [-0.15, -0.1) is 0 Å². The van der Waals surface area contributed by atoms with Crippen LogP contribution in [0.25, 0.3) is 0 Å². The molecule has 0 heterocycles. The van der Waals surface area contributed by atoms with Crippen LogP contribution in [0.5, 0.6) is 5.75 Å². The minimum atomic E-state index is -0.776. The molecule has 0 bridgehead atoms. The van der Waals surface area contributed by atoms with Crippen molar-refractivity contribution in [1.29, 1.82) is 0 Å². The highest BCUT2D eigenvalue weighted by molar-refractivity contribution is 6.37. The molecule has 1 aromatic carbocycles. The molecule has 0 aromatic heterocycles.